The first-order valence-electron chi connectivity index (χ1n) is 8.22. The van der Waals surface area contributed by atoms with Crippen LogP contribution in [-0.2, 0) is 17.9 Å². The van der Waals surface area contributed by atoms with Crippen molar-refractivity contribution >= 4 is 19.5 Å². The Kier molecular flexibility index (Phi) is 5.58. The van der Waals surface area contributed by atoms with Crippen LogP contribution in [0.2, 0.25) is 9.26 Å². The Morgan fingerprint density at radius 3 is 1.50 bits per heavy atom. The molecule has 0 aromatic heterocycles. The molecule has 2 aliphatic carbocycles. The predicted octanol–water partition coefficient (Wildman–Crippen LogP) is -1.40. The van der Waals surface area contributed by atoms with Crippen LogP contribution in [-0.4, -0.2) is 7.37 Å². The number of rotatable bonds is 2. The van der Waals surface area contributed by atoms with Crippen LogP contribution in [0.25, 0.3) is 12.2 Å². The quantitative estimate of drug-likeness (QED) is 0.491. The third kappa shape index (κ3) is 2.97. The van der Waals surface area contributed by atoms with Crippen molar-refractivity contribution in [2.24, 2.45) is 0 Å². The molecule has 0 amide bonds. The number of fused-ring (bicyclic) bond motifs is 2. The molecule has 0 saturated carbocycles. The van der Waals surface area contributed by atoms with Gasteiger partial charge in [0.15, 0.2) is 0 Å². The molecule has 4 rings (SSSR count). The molecule has 2 aromatic carbocycles. The van der Waals surface area contributed by atoms with Crippen molar-refractivity contribution in [3.63, 3.8) is 0 Å². The van der Waals surface area contributed by atoms with Gasteiger partial charge in [-0.3, -0.25) is 0 Å². The summed E-state index contributed by atoms with van der Waals surface area (Å²) in [6.45, 7) is 0. The van der Waals surface area contributed by atoms with Crippen molar-refractivity contribution in [2.45, 2.75) is 16.5 Å². The zero-order chi connectivity index (χ0) is 15.4. The minimum atomic E-state index is -2.90. The third-order valence-corrected chi connectivity index (χ3v) is 26.6. The smallest absolute Gasteiger partial charge is 1.00 e. The summed E-state index contributed by atoms with van der Waals surface area (Å²) < 4.78 is 6.79. The first-order chi connectivity index (χ1) is 10.5. The van der Waals surface area contributed by atoms with Crippen LogP contribution in [0.4, 0.5) is 0 Å². The van der Waals surface area contributed by atoms with Gasteiger partial charge in [0, 0.05) is 0 Å². The number of hydrogen-bond acceptors (Lipinski definition) is 0. The topological polar surface area (TPSA) is 0 Å². The maximum Gasteiger partial charge on any atom is -1.00 e. The monoisotopic (exact) mass is 451 g/mol. The van der Waals surface area contributed by atoms with Crippen molar-refractivity contribution in [3.05, 3.63) is 82.9 Å². The van der Waals surface area contributed by atoms with Gasteiger partial charge < -0.3 is 24.8 Å². The minimum absolute atomic E-state index is 0. The van der Waals surface area contributed by atoms with Crippen molar-refractivity contribution in [3.8, 4) is 0 Å². The molecule has 0 N–H and O–H groups in total. The summed E-state index contributed by atoms with van der Waals surface area (Å²) in [5, 5.41) is 0. The molecule has 2 aliphatic rings. The average Bonchev–Trinajstić information content (AvgIpc) is 3.12. The van der Waals surface area contributed by atoms with E-state index in [1.165, 1.54) is 18.5 Å². The molecule has 4 heteroatoms. The largest absolute Gasteiger partial charge is 1.00 e. The SMILES string of the molecule is [CH3][Zr+2]([CH3])([SiH3])([CH]1C=Cc2ccccc21)[CH]1C=Cc2ccccc21.[Cl-].[Cl-]. The normalized spacial score (nSPS) is 21.0. The third-order valence-electron chi connectivity index (χ3n) is 5.82. The van der Waals surface area contributed by atoms with E-state index in [9.17, 15) is 0 Å². The molecule has 24 heavy (non-hydrogen) atoms. The van der Waals surface area contributed by atoms with Crippen molar-refractivity contribution in [2.75, 3.05) is 0 Å². The Morgan fingerprint density at radius 2 is 1.08 bits per heavy atom. The second-order valence-corrected chi connectivity index (χ2v) is 46.8. The first kappa shape index (κ1) is 19.9. The van der Waals surface area contributed by atoms with E-state index >= 15 is 0 Å². The van der Waals surface area contributed by atoms with E-state index in [1.54, 1.807) is 11.1 Å². The fraction of sp³-hybridized carbons (Fsp3) is 0.200. The molecule has 0 saturated heterocycles. The predicted molar refractivity (Wildman–Crippen MR) is 98.1 cm³/mol. The molecule has 0 radical (unpaired) electrons. The molecule has 0 fully saturated rings. The molecule has 0 spiro atoms. The van der Waals surface area contributed by atoms with Gasteiger partial charge in [-0.2, -0.15) is 0 Å². The van der Waals surface area contributed by atoms with Gasteiger partial charge in [0.2, 0.25) is 0 Å². The van der Waals surface area contributed by atoms with Crippen LogP contribution < -0.4 is 24.8 Å². The first-order valence-corrected chi connectivity index (χ1v) is 24.3. The van der Waals surface area contributed by atoms with Gasteiger partial charge in [-0.25, -0.2) is 0 Å². The Bertz CT molecular complexity index is 752. The second kappa shape index (κ2) is 6.72. The van der Waals surface area contributed by atoms with E-state index in [0.29, 0.717) is 7.25 Å². The maximum atomic E-state index is 2.70. The van der Waals surface area contributed by atoms with Gasteiger partial charge in [-0.1, -0.05) is 0 Å². The van der Waals surface area contributed by atoms with Crippen molar-refractivity contribution in [1.29, 1.82) is 0 Å². The van der Waals surface area contributed by atoms with Crippen molar-refractivity contribution < 1.29 is 42.8 Å². The summed E-state index contributed by atoms with van der Waals surface area (Å²) in [6, 6.07) is 18.0. The Labute approximate surface area is 160 Å². The zero-order valence-electron chi connectivity index (χ0n) is 14.3. The second-order valence-electron chi connectivity index (χ2n) is 8.33. The molecular formula is C20H23Cl2SiZr. The number of allylic oxidation sites excluding steroid dienone is 2. The van der Waals surface area contributed by atoms with E-state index in [-0.39, 0.29) is 24.8 Å². The molecule has 0 bridgehead atoms. The zero-order valence-corrected chi connectivity index (χ0v) is 20.3. The van der Waals surface area contributed by atoms with Crippen LogP contribution in [0.5, 0.6) is 0 Å². The van der Waals surface area contributed by atoms with Gasteiger partial charge in [0.25, 0.3) is 0 Å². The standard InChI is InChI=1S/2C9H7.2CH3.2ClH.H3Si.Zr/c2*1-2-5-9-7-3-6-8(9)4-1;;;;;;/h2*1-7H;2*1H3;2*1H;1H3;/q;;;;;;;+2/p-2. The summed E-state index contributed by atoms with van der Waals surface area (Å²) in [7, 11) is 1.34. The summed E-state index contributed by atoms with van der Waals surface area (Å²) in [5.74, 6) is 0. The van der Waals surface area contributed by atoms with E-state index < -0.39 is 17.9 Å². The van der Waals surface area contributed by atoms with Gasteiger partial charge in [-0.15, -0.1) is 0 Å². The Hall–Kier alpha value is -0.400. The van der Waals surface area contributed by atoms with E-state index in [1.807, 2.05) is 0 Å². The van der Waals surface area contributed by atoms with E-state index in [0.717, 1.165) is 0 Å². The van der Waals surface area contributed by atoms with Gasteiger partial charge in [0.1, 0.15) is 0 Å². The van der Waals surface area contributed by atoms with Crippen molar-refractivity contribution in [1.82, 2.24) is 0 Å². The number of hydrogen-bond donors (Lipinski definition) is 0. The minimum Gasteiger partial charge on any atom is -1.00 e. The summed E-state index contributed by atoms with van der Waals surface area (Å²) in [4.78, 5) is 0. The van der Waals surface area contributed by atoms with Crippen LogP contribution in [0.15, 0.2) is 60.7 Å². The van der Waals surface area contributed by atoms with E-state index in [2.05, 4.69) is 82.1 Å². The van der Waals surface area contributed by atoms with Gasteiger partial charge in [-0.05, 0) is 0 Å². The average molecular weight is 454 g/mol. The van der Waals surface area contributed by atoms with Gasteiger partial charge >= 0.3 is 137 Å². The molecule has 0 nitrogen and oxygen atoms in total. The Balaban J connectivity index is 0.00000104. The van der Waals surface area contributed by atoms with Crippen LogP contribution in [0.3, 0.4) is 0 Å². The molecular weight excluding hydrogens is 430 g/mol. The number of benzene rings is 2. The van der Waals surface area contributed by atoms with Crippen LogP contribution >= 0.6 is 0 Å². The summed E-state index contributed by atoms with van der Waals surface area (Å²) in [5.41, 5.74) is 6.07. The van der Waals surface area contributed by atoms with Gasteiger partial charge in [0.05, 0.1) is 0 Å². The molecule has 125 valence electrons. The molecule has 2 aromatic rings. The summed E-state index contributed by atoms with van der Waals surface area (Å²) in [6.07, 6.45) is 9.78. The maximum absolute atomic E-state index is 2.90. The number of halogens is 2. The summed E-state index contributed by atoms with van der Waals surface area (Å²) >= 11 is -2.90. The molecule has 0 aliphatic heterocycles. The fourth-order valence-corrected chi connectivity index (χ4v) is 22.0. The fourth-order valence-electron chi connectivity index (χ4n) is 4.49. The van der Waals surface area contributed by atoms with E-state index in [4.69, 9.17) is 0 Å². The Morgan fingerprint density at radius 1 is 0.708 bits per heavy atom. The van der Waals surface area contributed by atoms with Crippen LogP contribution in [0, 0.1) is 0 Å². The molecule has 0 heterocycles. The molecule has 2 atom stereocenters. The molecule has 2 unspecified atom stereocenters. The van der Waals surface area contributed by atoms with Crippen LogP contribution in [0.1, 0.15) is 29.5 Å².